The maximum absolute atomic E-state index is 13.5. The monoisotopic (exact) mass is 502 g/mol. The molecule has 190 valence electrons. The van der Waals surface area contributed by atoms with Gasteiger partial charge in [-0.05, 0) is 62.1 Å². The number of aromatic nitrogens is 1. The molecule has 0 saturated carbocycles. The maximum atomic E-state index is 13.5. The summed E-state index contributed by atoms with van der Waals surface area (Å²) in [6.45, 7) is 6.96. The molecule has 0 radical (unpaired) electrons. The van der Waals surface area contributed by atoms with Crippen LogP contribution in [0.2, 0.25) is 0 Å². The minimum absolute atomic E-state index is 0.0414. The Morgan fingerprint density at radius 3 is 2.34 bits per heavy atom. The van der Waals surface area contributed by atoms with E-state index in [0.29, 0.717) is 47.8 Å². The number of carbonyl (C=O) groups excluding carboxylic acids is 1. The smallest absolute Gasteiger partial charge is 0.248 e. The van der Waals surface area contributed by atoms with Crippen LogP contribution in [0.1, 0.15) is 24.0 Å². The number of benzene rings is 1. The lowest BCUT2D eigenvalue weighted by Crippen LogP contribution is -2.50. The molecule has 4 rings (SSSR count). The molecule has 0 N–H and O–H groups in total. The van der Waals surface area contributed by atoms with E-state index in [1.807, 2.05) is 17.0 Å². The number of carbonyl (C=O) groups is 1. The van der Waals surface area contributed by atoms with Gasteiger partial charge in [-0.15, -0.1) is 0 Å². The van der Waals surface area contributed by atoms with E-state index < -0.39 is 10.0 Å². The van der Waals surface area contributed by atoms with Gasteiger partial charge in [0.25, 0.3) is 0 Å². The predicted octanol–water partition coefficient (Wildman–Crippen LogP) is 2.23. The highest BCUT2D eigenvalue weighted by molar-refractivity contribution is 7.89. The zero-order valence-electron chi connectivity index (χ0n) is 20.6. The molecule has 1 amide bonds. The molecule has 2 aromatic rings. The lowest BCUT2D eigenvalue weighted by molar-refractivity contribution is -0.136. The molecule has 10 heteroatoms. The normalized spacial score (nSPS) is 19.2. The van der Waals surface area contributed by atoms with Crippen LogP contribution in [-0.2, 0) is 19.6 Å². The lowest BCUT2D eigenvalue weighted by Gasteiger charge is -2.36. The lowest BCUT2D eigenvalue weighted by atomic mass is 10.1. The molecule has 3 heterocycles. The quantitative estimate of drug-likeness (QED) is 0.547. The van der Waals surface area contributed by atoms with Crippen molar-refractivity contribution in [3.05, 3.63) is 47.8 Å². The zero-order chi connectivity index (χ0) is 25.0. The summed E-state index contributed by atoms with van der Waals surface area (Å²) in [4.78, 5) is 21.1. The van der Waals surface area contributed by atoms with E-state index in [4.69, 9.17) is 9.47 Å². The summed E-state index contributed by atoms with van der Waals surface area (Å²) in [7, 11) is -2.12. The van der Waals surface area contributed by atoms with E-state index in [1.54, 1.807) is 45.5 Å². The number of rotatable bonds is 8. The molecule has 0 spiro atoms. The number of ether oxygens (including phenoxy) is 2. The van der Waals surface area contributed by atoms with Gasteiger partial charge in [0.15, 0.2) is 0 Å². The zero-order valence-corrected chi connectivity index (χ0v) is 21.5. The van der Waals surface area contributed by atoms with Crippen molar-refractivity contribution >= 4 is 21.6 Å². The number of sulfonamides is 1. The summed E-state index contributed by atoms with van der Waals surface area (Å²) < 4.78 is 39.6. The third kappa shape index (κ3) is 5.60. The fraction of sp³-hybridized carbons (Fsp3) is 0.520. The average molecular weight is 503 g/mol. The molecule has 0 aliphatic carbocycles. The van der Waals surface area contributed by atoms with Gasteiger partial charge in [0.1, 0.15) is 12.4 Å². The minimum Gasteiger partial charge on any atom is -0.497 e. The maximum Gasteiger partial charge on any atom is 0.248 e. The molecule has 1 unspecified atom stereocenters. The van der Waals surface area contributed by atoms with Gasteiger partial charge in [-0.25, -0.2) is 8.42 Å². The minimum atomic E-state index is -3.69. The molecular weight excluding hydrogens is 468 g/mol. The first kappa shape index (κ1) is 25.4. The van der Waals surface area contributed by atoms with Gasteiger partial charge in [-0.1, -0.05) is 0 Å². The number of hydrogen-bond acceptors (Lipinski definition) is 7. The van der Waals surface area contributed by atoms with E-state index in [1.165, 1.54) is 4.31 Å². The van der Waals surface area contributed by atoms with Crippen molar-refractivity contribution in [1.82, 2.24) is 14.2 Å². The van der Waals surface area contributed by atoms with Crippen LogP contribution in [0.5, 0.6) is 5.75 Å². The largest absolute Gasteiger partial charge is 0.497 e. The number of anilines is 1. The van der Waals surface area contributed by atoms with E-state index >= 15 is 0 Å². The van der Waals surface area contributed by atoms with Gasteiger partial charge in [0.2, 0.25) is 15.9 Å². The molecule has 1 aromatic carbocycles. The molecule has 1 atom stereocenters. The van der Waals surface area contributed by atoms with Crippen LogP contribution in [-0.4, -0.2) is 87.6 Å². The van der Waals surface area contributed by atoms with Crippen LogP contribution in [0.3, 0.4) is 0 Å². The van der Waals surface area contributed by atoms with Crippen LogP contribution < -0.4 is 9.64 Å². The van der Waals surface area contributed by atoms with Gasteiger partial charge in [0, 0.05) is 56.8 Å². The number of methoxy groups -OCH3 is 1. The molecule has 2 saturated heterocycles. The number of piperazine rings is 1. The molecule has 2 aliphatic heterocycles. The summed E-state index contributed by atoms with van der Waals surface area (Å²) >= 11 is 0. The first-order chi connectivity index (χ1) is 16.8. The average Bonchev–Trinajstić information content (AvgIpc) is 3.33. The first-order valence-electron chi connectivity index (χ1n) is 12.0. The van der Waals surface area contributed by atoms with Gasteiger partial charge < -0.3 is 19.3 Å². The van der Waals surface area contributed by atoms with Crippen LogP contribution in [0.4, 0.5) is 5.69 Å². The molecule has 0 bridgehead atoms. The summed E-state index contributed by atoms with van der Waals surface area (Å²) in [6, 6.07) is 7.15. The fourth-order valence-corrected chi connectivity index (χ4v) is 7.08. The Morgan fingerprint density at radius 2 is 1.71 bits per heavy atom. The second kappa shape index (κ2) is 10.9. The van der Waals surface area contributed by atoms with Gasteiger partial charge in [0.05, 0.1) is 18.6 Å². The van der Waals surface area contributed by atoms with E-state index in [9.17, 15) is 13.2 Å². The number of hydrogen-bond donors (Lipinski definition) is 0. The Hall–Kier alpha value is -2.69. The van der Waals surface area contributed by atoms with Crippen LogP contribution in [0.15, 0.2) is 41.6 Å². The highest BCUT2D eigenvalue weighted by Crippen LogP contribution is 2.32. The van der Waals surface area contributed by atoms with Crippen molar-refractivity contribution in [1.29, 1.82) is 0 Å². The topological polar surface area (TPSA) is 92.3 Å². The summed E-state index contributed by atoms with van der Waals surface area (Å²) in [5.41, 5.74) is 2.43. The third-order valence-electron chi connectivity index (χ3n) is 6.76. The van der Waals surface area contributed by atoms with Gasteiger partial charge >= 0.3 is 0 Å². The second-order valence-electron chi connectivity index (χ2n) is 9.09. The van der Waals surface area contributed by atoms with Crippen molar-refractivity contribution in [2.75, 3.05) is 57.9 Å². The Balaban J connectivity index is 1.31. The Kier molecular flexibility index (Phi) is 7.93. The van der Waals surface area contributed by atoms with Crippen molar-refractivity contribution in [3.8, 4) is 5.75 Å². The molecule has 9 nitrogen and oxygen atoms in total. The Bertz CT molecular complexity index is 1110. The van der Waals surface area contributed by atoms with Crippen LogP contribution >= 0.6 is 0 Å². The number of aryl methyl sites for hydroxylation is 2. The standard InChI is InChI=1S/C25H34N4O5S/c1-19-15-23(33-3)16-20(2)25(19)35(31,32)29-10-4-5-22(29)17-34-18-24(30)28-13-11-27(12-14-28)21-6-8-26-9-7-21/h6-9,15-16,22H,4-5,10-14,17-18H2,1-3H3. The molecule has 1 aromatic heterocycles. The number of nitrogens with zero attached hydrogens (tertiary/aromatic N) is 4. The van der Waals surface area contributed by atoms with Gasteiger partial charge in [-0.2, -0.15) is 4.31 Å². The van der Waals surface area contributed by atoms with E-state index in [2.05, 4.69) is 9.88 Å². The van der Waals surface area contributed by atoms with Crippen LogP contribution in [0, 0.1) is 13.8 Å². The van der Waals surface area contributed by atoms with Crippen molar-refractivity contribution < 1.29 is 22.7 Å². The molecular formula is C25H34N4O5S. The molecule has 2 fully saturated rings. The first-order valence-corrected chi connectivity index (χ1v) is 13.4. The second-order valence-corrected chi connectivity index (χ2v) is 10.9. The molecule has 2 aliphatic rings. The van der Waals surface area contributed by atoms with Crippen molar-refractivity contribution in [3.63, 3.8) is 0 Å². The van der Waals surface area contributed by atoms with Crippen LogP contribution in [0.25, 0.3) is 0 Å². The van der Waals surface area contributed by atoms with Crippen molar-refractivity contribution in [2.45, 2.75) is 37.6 Å². The summed E-state index contributed by atoms with van der Waals surface area (Å²) in [5.74, 6) is 0.578. The SMILES string of the molecule is COc1cc(C)c(S(=O)(=O)N2CCCC2COCC(=O)N2CCN(c3ccncc3)CC2)c(C)c1. The van der Waals surface area contributed by atoms with E-state index in [0.717, 1.165) is 25.2 Å². The highest BCUT2D eigenvalue weighted by Gasteiger charge is 2.37. The number of pyridine rings is 1. The van der Waals surface area contributed by atoms with Gasteiger partial charge in [-0.3, -0.25) is 9.78 Å². The molecule has 35 heavy (non-hydrogen) atoms. The third-order valence-corrected chi connectivity index (χ3v) is 9.01. The Morgan fingerprint density at radius 1 is 1.06 bits per heavy atom. The fourth-order valence-electron chi connectivity index (χ4n) is 4.99. The number of amides is 1. The Labute approximate surface area is 207 Å². The van der Waals surface area contributed by atoms with Crippen molar-refractivity contribution in [2.24, 2.45) is 0 Å². The summed E-state index contributed by atoms with van der Waals surface area (Å²) in [6.07, 6.45) is 5.02. The highest BCUT2D eigenvalue weighted by atomic mass is 32.2. The van der Waals surface area contributed by atoms with E-state index in [-0.39, 0.29) is 25.2 Å². The summed E-state index contributed by atoms with van der Waals surface area (Å²) in [5, 5.41) is 0. The predicted molar refractivity (Wildman–Crippen MR) is 133 cm³/mol.